The minimum Gasteiger partial charge on any atom is -0.370 e. The van der Waals surface area contributed by atoms with Crippen LogP contribution in [0.4, 0.5) is 0 Å². The molecule has 27 heteroatoms. The molecular weight excluding hydrogens is 987 g/mol. The lowest BCUT2D eigenvalue weighted by atomic mass is 10.0. The predicted octanol–water partition coefficient (Wildman–Crippen LogP) is -3.97. The second-order valence-corrected chi connectivity index (χ2v) is 17.7. The maximum absolute atomic E-state index is 14.5. The topological polar surface area (TPSA) is 450 Å². The highest BCUT2D eigenvalue weighted by Gasteiger charge is 2.34. The number of nitrogens with one attached hydrogen (secondary N) is 10. The number of carbonyl (C=O) groups is 10. The van der Waals surface area contributed by atoms with Gasteiger partial charge in [0.25, 0.3) is 0 Å². The van der Waals surface area contributed by atoms with Crippen molar-refractivity contribution in [1.29, 1.82) is 0 Å². The number of aromatic nitrogens is 1. The molecule has 3 aromatic rings. The van der Waals surface area contributed by atoms with Crippen LogP contribution in [0, 0.1) is 0 Å². The summed E-state index contributed by atoms with van der Waals surface area (Å²) in [6.07, 6.45) is 2.43. The first-order valence-electron chi connectivity index (χ1n) is 24.7. The molecule has 6 atom stereocenters. The van der Waals surface area contributed by atoms with Crippen LogP contribution >= 0.6 is 0 Å². The van der Waals surface area contributed by atoms with Gasteiger partial charge in [0.05, 0.1) is 13.0 Å². The first-order chi connectivity index (χ1) is 36.2. The Kier molecular flexibility index (Phi) is 26.2. The van der Waals surface area contributed by atoms with Gasteiger partial charge in [0.1, 0.15) is 36.3 Å². The van der Waals surface area contributed by atoms with Crippen molar-refractivity contribution in [2.24, 2.45) is 38.7 Å². The number of H-pyrrole nitrogens is 1. The lowest BCUT2D eigenvalue weighted by Gasteiger charge is -2.27. The first-order valence-corrected chi connectivity index (χ1v) is 24.7. The molecule has 76 heavy (non-hydrogen) atoms. The van der Waals surface area contributed by atoms with Crippen molar-refractivity contribution in [3.8, 4) is 0 Å². The van der Waals surface area contributed by atoms with Gasteiger partial charge < -0.3 is 81.5 Å². The van der Waals surface area contributed by atoms with Gasteiger partial charge in [-0.25, -0.2) is 0 Å². The van der Waals surface area contributed by atoms with Gasteiger partial charge in [-0.2, -0.15) is 0 Å². The summed E-state index contributed by atoms with van der Waals surface area (Å²) in [7, 11) is 0. The third-order valence-corrected chi connectivity index (χ3v) is 11.4. The Bertz CT molecular complexity index is 2530. The van der Waals surface area contributed by atoms with Crippen LogP contribution in [0.5, 0.6) is 0 Å². The molecule has 2 aromatic carbocycles. The predicted molar refractivity (Wildman–Crippen MR) is 283 cm³/mol. The highest BCUT2D eigenvalue weighted by atomic mass is 16.2. The molecule has 0 radical (unpaired) electrons. The van der Waals surface area contributed by atoms with Gasteiger partial charge in [-0.15, -0.1) is 0 Å². The van der Waals surface area contributed by atoms with Crippen LogP contribution in [0.1, 0.15) is 76.8 Å². The number of hydrogen-bond acceptors (Lipinski definition) is 12. The molecule has 1 aliphatic heterocycles. The van der Waals surface area contributed by atoms with Crippen LogP contribution in [0.15, 0.2) is 70.8 Å². The van der Waals surface area contributed by atoms with E-state index < -0.39 is 115 Å². The van der Waals surface area contributed by atoms with Gasteiger partial charge in [0.15, 0.2) is 11.9 Å². The molecule has 4 rings (SSSR count). The number of para-hydroxylation sites is 1. The van der Waals surface area contributed by atoms with Crippen LogP contribution in [-0.4, -0.2) is 145 Å². The normalized spacial score (nSPS) is 20.2. The number of nitrogens with zero attached hydrogens (tertiary/aromatic N) is 2. The first kappa shape index (κ1) is 61.5. The molecule has 0 aliphatic carbocycles. The van der Waals surface area contributed by atoms with Crippen LogP contribution in [-0.2, 0) is 60.8 Å². The summed E-state index contributed by atoms with van der Waals surface area (Å²) in [5.74, 6) is -8.06. The fourth-order valence-electron chi connectivity index (χ4n) is 7.52. The smallest absolute Gasteiger partial charge is 0.245 e. The van der Waals surface area contributed by atoms with Crippen molar-refractivity contribution in [2.45, 2.75) is 115 Å². The molecule has 0 spiro atoms. The largest absolute Gasteiger partial charge is 0.370 e. The molecule has 3 unspecified atom stereocenters. The lowest BCUT2D eigenvalue weighted by molar-refractivity contribution is -0.136. The monoisotopic (exact) mass is 1060 g/mol. The summed E-state index contributed by atoms with van der Waals surface area (Å²) in [6, 6.07) is 7.19. The fourth-order valence-corrected chi connectivity index (χ4v) is 7.52. The fraction of sp³-hybridized carbons (Fsp3) is 0.469. The quantitative estimate of drug-likeness (QED) is 0.0370. The Morgan fingerprint density at radius 1 is 0.658 bits per heavy atom. The maximum Gasteiger partial charge on any atom is 0.245 e. The summed E-state index contributed by atoms with van der Waals surface area (Å²) in [4.78, 5) is 144. The number of nitrogens with two attached hydrogens (primary N) is 5. The number of fused-ring (bicyclic) bond motifs is 1. The zero-order valence-electron chi connectivity index (χ0n) is 43.0. The Balaban J connectivity index is 0.00000202. The van der Waals surface area contributed by atoms with E-state index in [4.69, 9.17) is 28.7 Å². The standard InChI is InChI=1S/C45H62N14O10.C4H11N3/c1-25(60)51-23-36-44(69)57-33(19-27-11-4-3-5-12-27)41(66)56-32(16-10-18-50-45(47)48)40(65)58-34(20-28-22-53-30-14-7-6-13-29(28)30)42(67)55-31(39(46)64)15-8-9-17-49-37(62)21-35(43(68)59-36)54-38(63)24-52-26(2)61;1-2-3-7-4(5)6/h3-7,11-14,22,31-36,53H,8-10,15-21,23-24H2,1-2H3,(H2,46,64)(H,49,62)(H,51,60)(H,52,61)(H,54,63)(H,55,67)(H,56,66)(H,57,69)(H,58,65)(H,59,68)(H4,47,48,50);2-3H2,1H3,(H4,5,6,7)/t31?,32-,33?,34-,35?,36-;/m0./s1. The minimum atomic E-state index is -1.62. The van der Waals surface area contributed by atoms with Crippen molar-refractivity contribution in [3.63, 3.8) is 0 Å². The van der Waals surface area contributed by atoms with Gasteiger partial charge in [0, 0.05) is 70.0 Å². The van der Waals surface area contributed by atoms with E-state index in [1.54, 1.807) is 42.6 Å². The SMILES string of the molecule is CC(=O)NCC(=O)NC1CC(=O)NCCCCC(C(N)=O)NC(=O)[C@H](Cc2c[nH]c3ccccc23)NC(=O)[C@H](CCCN=C(N)N)NC(=O)C(Cc2ccccc2)NC(=O)[C@H](CNC(C)=O)NC1=O.CCCN=C(N)N. The average molecular weight is 1060 g/mol. The van der Waals surface area contributed by atoms with Crippen molar-refractivity contribution >= 4 is 81.9 Å². The molecule has 1 aliphatic rings. The molecule has 2 heterocycles. The van der Waals surface area contributed by atoms with Crippen LogP contribution < -0.4 is 76.5 Å². The highest BCUT2D eigenvalue weighted by molar-refractivity contribution is 5.99. The third-order valence-electron chi connectivity index (χ3n) is 11.4. The Hall–Kier alpha value is -8.78. The van der Waals surface area contributed by atoms with E-state index in [9.17, 15) is 47.9 Å². The van der Waals surface area contributed by atoms with E-state index in [-0.39, 0.29) is 70.0 Å². The number of carbonyl (C=O) groups excluding carboxylic acids is 10. The van der Waals surface area contributed by atoms with E-state index in [2.05, 4.69) is 62.8 Å². The number of hydrogen-bond donors (Lipinski definition) is 15. The highest BCUT2D eigenvalue weighted by Crippen LogP contribution is 2.20. The molecule has 1 aromatic heterocycles. The number of aromatic amines is 1. The molecule has 414 valence electrons. The second kappa shape index (κ2) is 32.4. The number of guanidine groups is 2. The lowest BCUT2D eigenvalue weighted by Crippen LogP contribution is -2.61. The number of amides is 10. The molecule has 1 saturated heterocycles. The molecule has 0 bridgehead atoms. The van der Waals surface area contributed by atoms with Crippen LogP contribution in [0.3, 0.4) is 0 Å². The molecule has 1 fully saturated rings. The van der Waals surface area contributed by atoms with Gasteiger partial charge in [-0.1, -0.05) is 55.5 Å². The maximum atomic E-state index is 14.5. The van der Waals surface area contributed by atoms with Gasteiger partial charge in [-0.05, 0) is 55.7 Å². The zero-order valence-corrected chi connectivity index (χ0v) is 43.0. The molecule has 10 amide bonds. The van der Waals surface area contributed by atoms with Crippen molar-refractivity contribution < 1.29 is 47.9 Å². The van der Waals surface area contributed by atoms with Gasteiger partial charge in [0.2, 0.25) is 59.1 Å². The summed E-state index contributed by atoms with van der Waals surface area (Å²) < 4.78 is 0. The van der Waals surface area contributed by atoms with E-state index >= 15 is 0 Å². The number of rotatable bonds is 16. The van der Waals surface area contributed by atoms with Crippen molar-refractivity contribution in [1.82, 2.24) is 52.8 Å². The average Bonchev–Trinajstić information content (AvgIpc) is 3.78. The van der Waals surface area contributed by atoms with Gasteiger partial charge in [-0.3, -0.25) is 57.9 Å². The summed E-state index contributed by atoms with van der Waals surface area (Å²) >= 11 is 0. The van der Waals surface area contributed by atoms with Gasteiger partial charge >= 0.3 is 0 Å². The zero-order chi connectivity index (χ0) is 56.2. The summed E-state index contributed by atoms with van der Waals surface area (Å²) in [5.41, 5.74) is 28.8. The Morgan fingerprint density at radius 3 is 1.87 bits per heavy atom. The number of primary amides is 1. The molecule has 0 saturated carbocycles. The van der Waals surface area contributed by atoms with Crippen LogP contribution in [0.2, 0.25) is 0 Å². The van der Waals surface area contributed by atoms with Crippen molar-refractivity contribution in [2.75, 3.05) is 32.7 Å². The minimum absolute atomic E-state index is 0.0215. The number of aliphatic imine (C=N–C) groups is 2. The Morgan fingerprint density at radius 2 is 1.24 bits per heavy atom. The van der Waals surface area contributed by atoms with E-state index in [0.717, 1.165) is 23.9 Å². The Labute approximate surface area is 439 Å². The summed E-state index contributed by atoms with van der Waals surface area (Å²) in [5, 5.41) is 23.7. The molecule has 27 nitrogen and oxygen atoms in total. The third kappa shape index (κ3) is 23.0. The van der Waals surface area contributed by atoms with E-state index in [1.807, 2.05) is 25.1 Å². The molecule has 20 N–H and O–H groups in total. The van der Waals surface area contributed by atoms with Crippen molar-refractivity contribution in [3.05, 3.63) is 71.9 Å². The number of benzene rings is 2. The second-order valence-electron chi connectivity index (χ2n) is 17.7. The summed E-state index contributed by atoms with van der Waals surface area (Å²) in [6.45, 7) is 4.10. The van der Waals surface area contributed by atoms with E-state index in [0.29, 0.717) is 11.1 Å². The van der Waals surface area contributed by atoms with Crippen LogP contribution in [0.25, 0.3) is 10.9 Å². The van der Waals surface area contributed by atoms with E-state index in [1.165, 1.54) is 13.8 Å². The molecular formula is C49H73N17O10.